The average molecular weight is 302 g/mol. The van der Waals surface area contributed by atoms with Crippen LogP contribution in [0.2, 0.25) is 0 Å². The molecule has 0 aromatic heterocycles. The highest BCUT2D eigenvalue weighted by atomic mass is 16.6. The van der Waals surface area contributed by atoms with Crippen LogP contribution in [-0.4, -0.2) is 15.8 Å². The topological polar surface area (TPSA) is 113 Å². The molecule has 0 radical (unpaired) electrons. The van der Waals surface area contributed by atoms with Gasteiger partial charge in [0.1, 0.15) is 11.3 Å². The van der Waals surface area contributed by atoms with Gasteiger partial charge in [-0.1, -0.05) is 12.1 Å². The summed E-state index contributed by atoms with van der Waals surface area (Å²) in [4.78, 5) is 32.4. The molecule has 2 rings (SSSR count). The van der Waals surface area contributed by atoms with Gasteiger partial charge in [0.15, 0.2) is 0 Å². The fraction of sp³-hybridized carbons (Fsp3) is 0.0714. The number of aryl methyl sites for hydroxylation is 1. The molecule has 0 aliphatic rings. The van der Waals surface area contributed by atoms with Crippen LogP contribution in [0, 0.1) is 27.2 Å². The van der Waals surface area contributed by atoms with Gasteiger partial charge < -0.3 is 4.74 Å². The summed E-state index contributed by atoms with van der Waals surface area (Å²) in [6.45, 7) is 1.51. The van der Waals surface area contributed by atoms with Gasteiger partial charge in [-0.2, -0.15) is 0 Å². The van der Waals surface area contributed by atoms with E-state index in [0.29, 0.717) is 5.56 Å². The first-order valence-corrected chi connectivity index (χ1v) is 6.11. The summed E-state index contributed by atoms with van der Waals surface area (Å²) in [6, 6.07) is 9.16. The van der Waals surface area contributed by atoms with Crippen LogP contribution in [0.25, 0.3) is 0 Å². The molecule has 22 heavy (non-hydrogen) atoms. The third-order valence-corrected chi connectivity index (χ3v) is 2.90. The van der Waals surface area contributed by atoms with Crippen molar-refractivity contribution in [3.8, 4) is 5.75 Å². The Morgan fingerprint density at radius 2 is 1.64 bits per heavy atom. The van der Waals surface area contributed by atoms with Gasteiger partial charge in [-0.3, -0.25) is 20.2 Å². The van der Waals surface area contributed by atoms with Crippen molar-refractivity contribution in [2.24, 2.45) is 0 Å². The molecule has 8 nitrogen and oxygen atoms in total. The summed E-state index contributed by atoms with van der Waals surface area (Å²) in [5.41, 5.74) is -0.317. The van der Waals surface area contributed by atoms with Crippen LogP contribution in [0.4, 0.5) is 11.4 Å². The molecular formula is C14H10N2O6. The van der Waals surface area contributed by atoms with Gasteiger partial charge in [0, 0.05) is 17.7 Å². The highest BCUT2D eigenvalue weighted by Gasteiger charge is 2.24. The molecule has 0 bridgehead atoms. The molecule has 0 heterocycles. The molecular weight excluding hydrogens is 292 g/mol. The van der Waals surface area contributed by atoms with E-state index in [2.05, 4.69) is 0 Å². The van der Waals surface area contributed by atoms with Gasteiger partial charge in [-0.05, 0) is 25.1 Å². The lowest BCUT2D eigenvalue weighted by Gasteiger charge is -2.06. The first-order valence-electron chi connectivity index (χ1n) is 6.11. The zero-order chi connectivity index (χ0) is 16.3. The maximum atomic E-state index is 12.0. The smallest absolute Gasteiger partial charge is 0.350 e. The monoisotopic (exact) mass is 302 g/mol. The Kier molecular flexibility index (Phi) is 4.12. The third kappa shape index (κ3) is 3.06. The molecule has 0 unspecified atom stereocenters. The number of benzene rings is 2. The fourth-order valence-corrected chi connectivity index (χ4v) is 1.86. The van der Waals surface area contributed by atoms with Gasteiger partial charge in [0.25, 0.3) is 11.4 Å². The highest BCUT2D eigenvalue weighted by molar-refractivity contribution is 5.95. The summed E-state index contributed by atoms with van der Waals surface area (Å²) in [5, 5.41) is 21.6. The molecule has 0 aliphatic carbocycles. The van der Waals surface area contributed by atoms with E-state index in [9.17, 15) is 25.0 Å². The normalized spacial score (nSPS) is 10.0. The molecule has 2 aromatic rings. The Balaban J connectivity index is 2.28. The van der Waals surface area contributed by atoms with Crippen LogP contribution in [0.15, 0.2) is 42.5 Å². The molecule has 0 fully saturated rings. The summed E-state index contributed by atoms with van der Waals surface area (Å²) in [7, 11) is 0. The zero-order valence-electron chi connectivity index (χ0n) is 11.4. The van der Waals surface area contributed by atoms with Crippen LogP contribution >= 0.6 is 0 Å². The number of rotatable bonds is 4. The Labute approximate surface area is 124 Å². The molecule has 2 aromatic carbocycles. The van der Waals surface area contributed by atoms with Crippen molar-refractivity contribution < 1.29 is 19.4 Å². The van der Waals surface area contributed by atoms with Crippen LogP contribution in [0.3, 0.4) is 0 Å². The summed E-state index contributed by atoms with van der Waals surface area (Å²) in [6.07, 6.45) is 0. The largest absolute Gasteiger partial charge is 0.423 e. The number of ether oxygens (including phenoxy) is 1. The molecule has 0 N–H and O–H groups in total. The molecule has 0 atom stereocenters. The molecule has 0 spiro atoms. The van der Waals surface area contributed by atoms with E-state index in [0.717, 1.165) is 0 Å². The number of nitro benzene ring substituents is 2. The number of hydrogen-bond donors (Lipinski definition) is 0. The van der Waals surface area contributed by atoms with Gasteiger partial charge in [0.05, 0.1) is 9.85 Å². The lowest BCUT2D eigenvalue weighted by Crippen LogP contribution is -2.12. The Hall–Kier alpha value is -3.29. The number of nitro groups is 2. The van der Waals surface area contributed by atoms with E-state index in [-0.39, 0.29) is 22.7 Å². The van der Waals surface area contributed by atoms with Crippen molar-refractivity contribution in [3.05, 3.63) is 73.8 Å². The van der Waals surface area contributed by atoms with E-state index in [1.54, 1.807) is 0 Å². The SMILES string of the molecule is Cc1cccc(C(=O)Oc2ccc([N+](=O)[O-])cc2)c1[N+](=O)[O-]. The predicted octanol–water partition coefficient (Wildman–Crippen LogP) is 3.03. The maximum Gasteiger partial charge on any atom is 0.350 e. The minimum absolute atomic E-state index is 0.0615. The van der Waals surface area contributed by atoms with E-state index < -0.39 is 15.8 Å². The lowest BCUT2D eigenvalue weighted by atomic mass is 10.1. The van der Waals surface area contributed by atoms with Crippen molar-refractivity contribution in [1.29, 1.82) is 0 Å². The van der Waals surface area contributed by atoms with E-state index in [1.807, 2.05) is 0 Å². The van der Waals surface area contributed by atoms with Crippen molar-refractivity contribution >= 4 is 17.3 Å². The van der Waals surface area contributed by atoms with Gasteiger partial charge in [-0.25, -0.2) is 4.79 Å². The second kappa shape index (κ2) is 6.00. The second-order valence-electron chi connectivity index (χ2n) is 4.37. The van der Waals surface area contributed by atoms with Crippen LogP contribution in [0.1, 0.15) is 15.9 Å². The molecule has 0 aliphatic heterocycles. The third-order valence-electron chi connectivity index (χ3n) is 2.90. The lowest BCUT2D eigenvalue weighted by molar-refractivity contribution is -0.385. The van der Waals surface area contributed by atoms with Crippen LogP contribution < -0.4 is 4.74 Å². The van der Waals surface area contributed by atoms with Crippen LogP contribution in [0.5, 0.6) is 5.75 Å². The summed E-state index contributed by atoms with van der Waals surface area (Å²) >= 11 is 0. The Morgan fingerprint density at radius 1 is 1.00 bits per heavy atom. The number of para-hydroxylation sites is 1. The van der Waals surface area contributed by atoms with Gasteiger partial charge in [-0.15, -0.1) is 0 Å². The van der Waals surface area contributed by atoms with Crippen molar-refractivity contribution in [2.75, 3.05) is 0 Å². The van der Waals surface area contributed by atoms with Crippen molar-refractivity contribution in [1.82, 2.24) is 0 Å². The number of non-ortho nitro benzene ring substituents is 1. The number of nitrogens with zero attached hydrogens (tertiary/aromatic N) is 2. The highest BCUT2D eigenvalue weighted by Crippen LogP contribution is 2.25. The van der Waals surface area contributed by atoms with Crippen molar-refractivity contribution in [2.45, 2.75) is 6.92 Å². The molecule has 0 saturated carbocycles. The standard InChI is InChI=1S/C14H10N2O6/c1-9-3-2-4-12(13(9)16(20)21)14(17)22-11-7-5-10(6-8-11)15(18)19/h2-8H,1H3. The van der Waals surface area contributed by atoms with Gasteiger partial charge >= 0.3 is 5.97 Å². The first kappa shape index (κ1) is 15.1. The number of esters is 1. The molecule has 0 amide bonds. The summed E-state index contributed by atoms with van der Waals surface area (Å²) in [5.74, 6) is -0.837. The molecule has 112 valence electrons. The average Bonchev–Trinajstić information content (AvgIpc) is 2.47. The Morgan fingerprint density at radius 3 is 2.18 bits per heavy atom. The Bertz CT molecular complexity index is 754. The molecule has 0 saturated heterocycles. The quantitative estimate of drug-likeness (QED) is 0.371. The zero-order valence-corrected chi connectivity index (χ0v) is 11.4. The second-order valence-corrected chi connectivity index (χ2v) is 4.37. The van der Waals surface area contributed by atoms with E-state index >= 15 is 0 Å². The number of hydrogen-bond acceptors (Lipinski definition) is 6. The summed E-state index contributed by atoms with van der Waals surface area (Å²) < 4.78 is 5.02. The van der Waals surface area contributed by atoms with E-state index in [1.165, 1.54) is 49.4 Å². The number of carbonyl (C=O) groups excluding carboxylic acids is 1. The van der Waals surface area contributed by atoms with E-state index in [4.69, 9.17) is 4.74 Å². The minimum atomic E-state index is -0.899. The van der Waals surface area contributed by atoms with Crippen molar-refractivity contribution in [3.63, 3.8) is 0 Å². The predicted molar refractivity (Wildman–Crippen MR) is 75.9 cm³/mol. The molecule has 8 heteroatoms. The number of carbonyl (C=O) groups is 1. The first-order chi connectivity index (χ1) is 10.4. The van der Waals surface area contributed by atoms with Gasteiger partial charge in [0.2, 0.25) is 0 Å². The fourth-order valence-electron chi connectivity index (χ4n) is 1.86. The minimum Gasteiger partial charge on any atom is -0.423 e. The van der Waals surface area contributed by atoms with Crippen LogP contribution in [-0.2, 0) is 0 Å². The maximum absolute atomic E-state index is 12.0.